The molecule has 1 heterocycles. The lowest BCUT2D eigenvalue weighted by molar-refractivity contribution is 0.0696. The Hall–Kier alpha value is -2.92. The lowest BCUT2D eigenvalue weighted by Crippen LogP contribution is -2.31. The number of para-hydroxylation sites is 1. The number of carboxylic acids is 1. The number of benzene rings is 2. The Bertz CT molecular complexity index is 975. The van der Waals surface area contributed by atoms with Crippen LogP contribution in [-0.2, 0) is 6.54 Å². The van der Waals surface area contributed by atoms with Crippen LogP contribution in [0.25, 0.3) is 16.5 Å². The molecule has 5 heteroatoms. The Balaban J connectivity index is 2.42. The molecule has 0 fully saturated rings. The highest BCUT2D eigenvalue weighted by atomic mass is 16.4. The molecule has 3 rings (SSSR count). The zero-order chi connectivity index (χ0) is 18.0. The van der Waals surface area contributed by atoms with E-state index in [9.17, 15) is 14.7 Å². The highest BCUT2D eigenvalue weighted by Gasteiger charge is 2.22. The molecular weight excluding hydrogens is 316 g/mol. The van der Waals surface area contributed by atoms with E-state index in [1.807, 2.05) is 32.0 Å². The van der Waals surface area contributed by atoms with Gasteiger partial charge in [-0.15, -0.1) is 0 Å². The van der Waals surface area contributed by atoms with Crippen LogP contribution < -0.4 is 10.9 Å². The Labute approximate surface area is 145 Å². The molecule has 25 heavy (non-hydrogen) atoms. The van der Waals surface area contributed by atoms with Crippen molar-refractivity contribution in [1.29, 1.82) is 0 Å². The maximum Gasteiger partial charge on any atom is 0.338 e. The van der Waals surface area contributed by atoms with E-state index in [2.05, 4.69) is 5.32 Å². The quantitative estimate of drug-likeness (QED) is 0.751. The minimum absolute atomic E-state index is 0.159. The molecule has 0 saturated carbocycles. The van der Waals surface area contributed by atoms with Gasteiger partial charge in [0.15, 0.2) is 0 Å². The van der Waals surface area contributed by atoms with Gasteiger partial charge in [0.25, 0.3) is 5.56 Å². The van der Waals surface area contributed by atoms with Crippen molar-refractivity contribution in [3.8, 4) is 5.69 Å². The van der Waals surface area contributed by atoms with Gasteiger partial charge in [0.05, 0.1) is 11.3 Å². The number of fused-ring (bicyclic) bond motifs is 1. The molecule has 0 saturated heterocycles. The van der Waals surface area contributed by atoms with Crippen LogP contribution in [0.15, 0.2) is 59.4 Å². The number of aromatic carboxylic acids is 1. The van der Waals surface area contributed by atoms with Crippen LogP contribution >= 0.6 is 0 Å². The standard InChI is InChI=1S/C20H20N2O3/c1-13(2)21-12-17-18(20(24)25)15-10-6-7-11-16(15)19(23)22(17)14-8-4-3-5-9-14/h3-11,13,21H,12H2,1-2H3,(H,24,25). The Morgan fingerprint density at radius 1 is 1.04 bits per heavy atom. The average molecular weight is 336 g/mol. The number of pyridine rings is 1. The molecule has 0 atom stereocenters. The molecule has 0 aliphatic carbocycles. The second-order valence-electron chi connectivity index (χ2n) is 6.18. The van der Waals surface area contributed by atoms with Gasteiger partial charge in [-0.2, -0.15) is 0 Å². The first-order chi connectivity index (χ1) is 12.0. The Morgan fingerprint density at radius 3 is 2.24 bits per heavy atom. The van der Waals surface area contributed by atoms with Crippen molar-refractivity contribution >= 4 is 16.7 Å². The summed E-state index contributed by atoms with van der Waals surface area (Å²) < 4.78 is 1.50. The summed E-state index contributed by atoms with van der Waals surface area (Å²) >= 11 is 0. The van der Waals surface area contributed by atoms with Gasteiger partial charge in [0.1, 0.15) is 0 Å². The Kier molecular flexibility index (Phi) is 4.67. The van der Waals surface area contributed by atoms with Gasteiger partial charge in [-0.25, -0.2) is 4.79 Å². The number of hydrogen-bond acceptors (Lipinski definition) is 3. The third-order valence-corrected chi connectivity index (χ3v) is 4.09. The van der Waals surface area contributed by atoms with Crippen molar-refractivity contribution in [2.45, 2.75) is 26.4 Å². The fourth-order valence-corrected chi connectivity index (χ4v) is 2.95. The van der Waals surface area contributed by atoms with Crippen molar-refractivity contribution in [3.05, 3.63) is 76.2 Å². The van der Waals surface area contributed by atoms with Crippen LogP contribution in [-0.4, -0.2) is 21.7 Å². The summed E-state index contributed by atoms with van der Waals surface area (Å²) in [6.45, 7) is 4.24. The highest BCUT2D eigenvalue weighted by molar-refractivity contribution is 6.04. The number of carboxylic acid groups (broad SMARTS) is 1. The van der Waals surface area contributed by atoms with Crippen LogP contribution in [0.1, 0.15) is 29.9 Å². The summed E-state index contributed by atoms with van der Waals surface area (Å²) in [6.07, 6.45) is 0. The zero-order valence-corrected chi connectivity index (χ0v) is 14.2. The number of hydrogen-bond donors (Lipinski definition) is 2. The van der Waals surface area contributed by atoms with E-state index in [-0.39, 0.29) is 23.7 Å². The number of nitrogens with zero attached hydrogens (tertiary/aromatic N) is 1. The summed E-state index contributed by atoms with van der Waals surface area (Å²) in [7, 11) is 0. The molecule has 0 unspecified atom stereocenters. The first kappa shape index (κ1) is 16.9. The van der Waals surface area contributed by atoms with Crippen LogP contribution in [0.4, 0.5) is 0 Å². The highest BCUT2D eigenvalue weighted by Crippen LogP contribution is 2.22. The Morgan fingerprint density at radius 2 is 1.64 bits per heavy atom. The summed E-state index contributed by atoms with van der Waals surface area (Å²) in [5.41, 5.74) is 1.05. The van der Waals surface area contributed by atoms with Gasteiger partial charge in [-0.3, -0.25) is 9.36 Å². The SMILES string of the molecule is CC(C)NCc1c(C(=O)O)c2ccccc2c(=O)n1-c1ccccc1. The summed E-state index contributed by atoms with van der Waals surface area (Å²) in [5, 5.41) is 13.9. The van der Waals surface area contributed by atoms with E-state index in [1.165, 1.54) is 4.57 Å². The van der Waals surface area contributed by atoms with Crippen molar-refractivity contribution in [2.24, 2.45) is 0 Å². The number of nitrogens with one attached hydrogen (secondary N) is 1. The molecule has 0 radical (unpaired) electrons. The third kappa shape index (κ3) is 3.19. The van der Waals surface area contributed by atoms with Gasteiger partial charge in [0.2, 0.25) is 0 Å². The van der Waals surface area contributed by atoms with Gasteiger partial charge < -0.3 is 10.4 Å². The molecule has 0 amide bonds. The van der Waals surface area contributed by atoms with Crippen molar-refractivity contribution in [3.63, 3.8) is 0 Å². The second kappa shape index (κ2) is 6.91. The van der Waals surface area contributed by atoms with Gasteiger partial charge in [-0.1, -0.05) is 50.2 Å². The molecule has 1 aromatic heterocycles. The van der Waals surface area contributed by atoms with Gasteiger partial charge in [0, 0.05) is 29.0 Å². The summed E-state index contributed by atoms with van der Waals surface area (Å²) in [6, 6.07) is 16.2. The third-order valence-electron chi connectivity index (χ3n) is 4.09. The second-order valence-corrected chi connectivity index (χ2v) is 6.18. The molecule has 0 aliphatic heterocycles. The number of carbonyl (C=O) groups is 1. The van der Waals surface area contributed by atoms with E-state index in [0.29, 0.717) is 22.2 Å². The van der Waals surface area contributed by atoms with Crippen molar-refractivity contribution < 1.29 is 9.90 Å². The molecule has 0 bridgehead atoms. The van der Waals surface area contributed by atoms with Crippen LogP contribution in [0.3, 0.4) is 0 Å². The van der Waals surface area contributed by atoms with Crippen molar-refractivity contribution in [2.75, 3.05) is 0 Å². The number of aromatic nitrogens is 1. The van der Waals surface area contributed by atoms with Crippen LogP contribution in [0.5, 0.6) is 0 Å². The van der Waals surface area contributed by atoms with E-state index < -0.39 is 5.97 Å². The number of rotatable bonds is 5. The van der Waals surface area contributed by atoms with E-state index in [0.717, 1.165) is 0 Å². The molecule has 2 N–H and O–H groups in total. The minimum atomic E-state index is -1.04. The smallest absolute Gasteiger partial charge is 0.338 e. The lowest BCUT2D eigenvalue weighted by Gasteiger charge is -2.19. The lowest BCUT2D eigenvalue weighted by atomic mass is 10.0. The molecule has 5 nitrogen and oxygen atoms in total. The zero-order valence-electron chi connectivity index (χ0n) is 14.2. The molecular formula is C20H20N2O3. The first-order valence-corrected chi connectivity index (χ1v) is 8.19. The van der Waals surface area contributed by atoms with E-state index in [1.54, 1.807) is 36.4 Å². The fourth-order valence-electron chi connectivity index (χ4n) is 2.95. The molecule has 2 aromatic carbocycles. The predicted molar refractivity (Wildman–Crippen MR) is 98.5 cm³/mol. The molecule has 3 aromatic rings. The summed E-state index contributed by atoms with van der Waals surface area (Å²) in [4.78, 5) is 25.1. The summed E-state index contributed by atoms with van der Waals surface area (Å²) in [5.74, 6) is -1.04. The van der Waals surface area contributed by atoms with Gasteiger partial charge in [-0.05, 0) is 18.2 Å². The predicted octanol–water partition coefficient (Wildman–Crippen LogP) is 3.19. The minimum Gasteiger partial charge on any atom is -0.478 e. The first-order valence-electron chi connectivity index (χ1n) is 8.19. The maximum absolute atomic E-state index is 13.1. The molecule has 0 spiro atoms. The molecule has 128 valence electrons. The largest absolute Gasteiger partial charge is 0.478 e. The maximum atomic E-state index is 13.1. The van der Waals surface area contributed by atoms with Crippen LogP contribution in [0.2, 0.25) is 0 Å². The van der Waals surface area contributed by atoms with Crippen molar-refractivity contribution in [1.82, 2.24) is 9.88 Å². The van der Waals surface area contributed by atoms with E-state index in [4.69, 9.17) is 0 Å². The fraction of sp³-hybridized carbons (Fsp3) is 0.200. The van der Waals surface area contributed by atoms with Gasteiger partial charge >= 0.3 is 5.97 Å². The normalized spacial score (nSPS) is 11.2. The topological polar surface area (TPSA) is 71.3 Å². The monoisotopic (exact) mass is 336 g/mol. The van der Waals surface area contributed by atoms with Crippen LogP contribution in [0, 0.1) is 0 Å². The van der Waals surface area contributed by atoms with E-state index >= 15 is 0 Å². The average Bonchev–Trinajstić information content (AvgIpc) is 2.60. The molecule has 0 aliphatic rings.